The van der Waals surface area contributed by atoms with Crippen LogP contribution in [0, 0.1) is 11.8 Å². The molecule has 3 aliphatic rings. The fraction of sp³-hybridized carbons (Fsp3) is 0.318. The summed E-state index contributed by atoms with van der Waals surface area (Å²) in [4.78, 5) is 43.7. The number of benzene rings is 2. The Morgan fingerprint density at radius 2 is 1.87 bits per heavy atom. The summed E-state index contributed by atoms with van der Waals surface area (Å²) in [5.41, 5.74) is 0.724. The Labute approximate surface area is 187 Å². The molecule has 2 aromatic carbocycles. The Hall–Kier alpha value is -2.22. The van der Waals surface area contributed by atoms with Crippen molar-refractivity contribution in [3.8, 4) is 0 Å². The lowest BCUT2D eigenvalue weighted by molar-refractivity contribution is -0.132. The minimum absolute atomic E-state index is 0.184. The number of hydrogen-bond acceptors (Lipinski definition) is 4. The Morgan fingerprint density at radius 3 is 2.60 bits per heavy atom. The van der Waals surface area contributed by atoms with Crippen LogP contribution in [0.15, 0.2) is 48.5 Å². The quantitative estimate of drug-likeness (QED) is 0.533. The number of anilines is 2. The summed E-state index contributed by atoms with van der Waals surface area (Å²) in [7, 11) is 0. The van der Waals surface area contributed by atoms with Crippen molar-refractivity contribution in [2.45, 2.75) is 18.5 Å². The van der Waals surface area contributed by atoms with Gasteiger partial charge in [-0.25, -0.2) is 4.90 Å². The number of carbonyl (C=O) groups excluding carboxylic acids is 3. The third-order valence-corrected chi connectivity index (χ3v) is 6.98. The van der Waals surface area contributed by atoms with E-state index in [2.05, 4.69) is 21.2 Å². The average molecular weight is 489 g/mol. The lowest BCUT2D eigenvalue weighted by Gasteiger charge is -2.30. The molecule has 2 aromatic rings. The summed E-state index contributed by atoms with van der Waals surface area (Å²) in [6, 6.07) is 13.9. The van der Waals surface area contributed by atoms with Gasteiger partial charge in [-0.15, -0.1) is 0 Å². The highest BCUT2D eigenvalue weighted by molar-refractivity contribution is 9.09. The molecule has 0 bridgehead atoms. The highest BCUT2D eigenvalue weighted by atomic mass is 79.9. The molecule has 0 radical (unpaired) electrons. The van der Waals surface area contributed by atoms with Gasteiger partial charge in [-0.1, -0.05) is 51.8 Å². The third kappa shape index (κ3) is 2.43. The fourth-order valence-electron chi connectivity index (χ4n) is 5.28. The Balaban J connectivity index is 1.67. The zero-order valence-corrected chi connectivity index (χ0v) is 18.5. The number of imide groups is 1. The van der Waals surface area contributed by atoms with Gasteiger partial charge in [0.15, 0.2) is 0 Å². The van der Waals surface area contributed by atoms with Crippen molar-refractivity contribution >= 4 is 56.6 Å². The van der Waals surface area contributed by atoms with Crippen LogP contribution >= 0.6 is 27.5 Å². The Morgan fingerprint density at radius 1 is 1.10 bits per heavy atom. The number of para-hydroxylation sites is 1. The molecule has 5 rings (SSSR count). The van der Waals surface area contributed by atoms with Gasteiger partial charge in [0, 0.05) is 34.2 Å². The molecule has 2 saturated heterocycles. The molecule has 0 saturated carbocycles. The van der Waals surface area contributed by atoms with Gasteiger partial charge >= 0.3 is 0 Å². The van der Waals surface area contributed by atoms with Crippen molar-refractivity contribution in [1.29, 1.82) is 0 Å². The number of nitrogens with zero attached hydrogens (tertiary/aromatic N) is 2. The van der Waals surface area contributed by atoms with E-state index in [9.17, 15) is 14.4 Å². The number of carbonyl (C=O) groups is 3. The van der Waals surface area contributed by atoms with Crippen molar-refractivity contribution in [3.05, 3.63) is 59.1 Å². The zero-order chi connectivity index (χ0) is 21.2. The summed E-state index contributed by atoms with van der Waals surface area (Å²) < 4.78 is 0. The average Bonchev–Trinajstić information content (AvgIpc) is 3.27. The molecule has 1 spiro atoms. The number of rotatable bonds is 3. The monoisotopic (exact) mass is 487 g/mol. The van der Waals surface area contributed by atoms with Crippen LogP contribution in [0.3, 0.4) is 0 Å². The zero-order valence-electron chi connectivity index (χ0n) is 16.1. The highest BCUT2D eigenvalue weighted by Crippen LogP contribution is 2.55. The first kappa shape index (κ1) is 19.7. The van der Waals surface area contributed by atoms with Gasteiger partial charge in [0.1, 0.15) is 5.54 Å². The van der Waals surface area contributed by atoms with E-state index in [0.29, 0.717) is 22.6 Å². The lowest BCUT2D eigenvalue weighted by Crippen LogP contribution is -2.55. The first-order chi connectivity index (χ1) is 14.4. The number of halogens is 2. The van der Waals surface area contributed by atoms with Crippen LogP contribution in [-0.4, -0.2) is 35.6 Å². The van der Waals surface area contributed by atoms with E-state index < -0.39 is 17.4 Å². The molecule has 0 unspecified atom stereocenters. The topological polar surface area (TPSA) is 69.7 Å². The molecule has 8 heteroatoms. The van der Waals surface area contributed by atoms with Gasteiger partial charge in [0.05, 0.1) is 17.5 Å². The van der Waals surface area contributed by atoms with Crippen molar-refractivity contribution in [3.63, 3.8) is 0 Å². The van der Waals surface area contributed by atoms with Gasteiger partial charge in [0.25, 0.3) is 5.91 Å². The minimum atomic E-state index is -1.25. The molecule has 2 fully saturated rings. The van der Waals surface area contributed by atoms with E-state index in [1.54, 1.807) is 29.2 Å². The maximum atomic E-state index is 13.8. The van der Waals surface area contributed by atoms with Crippen LogP contribution in [0.1, 0.15) is 12.5 Å². The number of fused-ring (bicyclic) bond motifs is 4. The Bertz CT molecular complexity index is 1090. The van der Waals surface area contributed by atoms with Gasteiger partial charge in [0.2, 0.25) is 11.8 Å². The van der Waals surface area contributed by atoms with Crippen LogP contribution in [0.5, 0.6) is 0 Å². The van der Waals surface area contributed by atoms with E-state index in [1.807, 2.05) is 31.2 Å². The molecule has 6 nitrogen and oxygen atoms in total. The second-order valence-corrected chi connectivity index (χ2v) is 9.13. The molecule has 3 heterocycles. The first-order valence-corrected chi connectivity index (χ1v) is 11.3. The summed E-state index contributed by atoms with van der Waals surface area (Å²) in [6.07, 6.45) is 0. The molecular formula is C22H19BrClN3O3. The van der Waals surface area contributed by atoms with Crippen LogP contribution in [0.4, 0.5) is 11.4 Å². The maximum Gasteiger partial charge on any atom is 0.252 e. The molecule has 154 valence electrons. The second-order valence-electron chi connectivity index (χ2n) is 7.90. The smallest absolute Gasteiger partial charge is 0.252 e. The third-order valence-electron chi connectivity index (χ3n) is 6.39. The standard InChI is InChI=1S/C22H19BrClN3O3/c1-12-17-18(20(29)27(19(17)28)14-6-4-5-13(24)11-14)22(25-12)15-7-2-3-8-16(15)26(10-9-23)21(22)30/h2-8,11-12,17-18,25H,9-10H2,1H3/t12-,17+,18-,22-/m0/s1. The van der Waals surface area contributed by atoms with Crippen LogP contribution in [0.25, 0.3) is 0 Å². The van der Waals surface area contributed by atoms with Crippen molar-refractivity contribution in [2.75, 3.05) is 21.7 Å². The van der Waals surface area contributed by atoms with E-state index in [4.69, 9.17) is 11.6 Å². The number of alkyl halides is 1. The molecule has 30 heavy (non-hydrogen) atoms. The van der Waals surface area contributed by atoms with E-state index in [1.165, 1.54) is 4.90 Å². The summed E-state index contributed by atoms with van der Waals surface area (Å²) in [5.74, 6) is -2.29. The molecule has 4 atom stereocenters. The summed E-state index contributed by atoms with van der Waals surface area (Å²) in [6.45, 7) is 2.34. The molecule has 3 aliphatic heterocycles. The largest absolute Gasteiger partial charge is 0.309 e. The lowest BCUT2D eigenvalue weighted by atomic mass is 9.76. The number of amides is 3. The number of hydrogen-bond donors (Lipinski definition) is 1. The summed E-state index contributed by atoms with van der Waals surface area (Å²) >= 11 is 9.52. The van der Waals surface area contributed by atoms with Crippen molar-refractivity contribution in [1.82, 2.24) is 5.32 Å². The first-order valence-electron chi connectivity index (χ1n) is 9.80. The fourth-order valence-corrected chi connectivity index (χ4v) is 5.82. The van der Waals surface area contributed by atoms with Gasteiger partial charge in [-0.2, -0.15) is 0 Å². The van der Waals surface area contributed by atoms with Gasteiger partial charge in [-0.05, 0) is 31.2 Å². The van der Waals surface area contributed by atoms with E-state index >= 15 is 0 Å². The van der Waals surface area contributed by atoms with Crippen LogP contribution < -0.4 is 15.1 Å². The molecular weight excluding hydrogens is 470 g/mol. The van der Waals surface area contributed by atoms with Gasteiger partial charge in [-0.3, -0.25) is 19.7 Å². The van der Waals surface area contributed by atoms with Crippen LogP contribution in [-0.2, 0) is 19.9 Å². The highest BCUT2D eigenvalue weighted by Gasteiger charge is 2.70. The SMILES string of the molecule is C[C@@H]1N[C@]2(C(=O)N(CCBr)c3ccccc32)[C@@H]2C(=O)N(c3cccc(Cl)c3)C(=O)[C@H]12. The van der Waals surface area contributed by atoms with Crippen LogP contribution in [0.2, 0.25) is 5.02 Å². The predicted octanol–water partition coefficient (Wildman–Crippen LogP) is 3.07. The second kappa shape index (κ2) is 6.90. The molecule has 3 amide bonds. The molecule has 1 N–H and O–H groups in total. The van der Waals surface area contributed by atoms with Crippen molar-refractivity contribution < 1.29 is 14.4 Å². The van der Waals surface area contributed by atoms with E-state index in [-0.39, 0.29) is 23.8 Å². The molecule has 0 aliphatic carbocycles. The predicted molar refractivity (Wildman–Crippen MR) is 118 cm³/mol. The Kier molecular flexibility index (Phi) is 4.54. The number of nitrogens with one attached hydrogen (secondary N) is 1. The normalized spacial score (nSPS) is 29.8. The summed E-state index contributed by atoms with van der Waals surface area (Å²) in [5, 5.41) is 4.42. The van der Waals surface area contributed by atoms with E-state index in [0.717, 1.165) is 11.3 Å². The minimum Gasteiger partial charge on any atom is -0.309 e. The van der Waals surface area contributed by atoms with Crippen molar-refractivity contribution in [2.24, 2.45) is 11.8 Å². The molecule has 0 aromatic heterocycles. The van der Waals surface area contributed by atoms with Gasteiger partial charge < -0.3 is 4.90 Å². The maximum absolute atomic E-state index is 13.8.